The van der Waals surface area contributed by atoms with Crippen molar-refractivity contribution in [3.8, 4) is 0 Å². The standard InChI is InChI=1S/C28H35F3N4O5S/c1-3-35-17-20-9-12-41(38,39)34(2)23-14-21(15-24(35)26(20)23)27(37)33-22(13-19-7-5-4-6-8-19)25(36)16-32-10-11-40-18-28(29,30)31/h4-8,14-15,17,22,25,32,36H,3,9-13,16,18H2,1-2H3,(H,33,37)/t22-,25+/m0/s1. The number of carbonyl (C=O) groups excluding carboxylic acids is 1. The number of hydrogen-bond acceptors (Lipinski definition) is 6. The normalized spacial score (nSPS) is 16.4. The number of halogens is 3. The monoisotopic (exact) mass is 596 g/mol. The zero-order chi connectivity index (χ0) is 29.8. The fourth-order valence-electron chi connectivity index (χ4n) is 4.97. The Morgan fingerprint density at radius 2 is 1.93 bits per heavy atom. The Labute approximate surface area is 237 Å². The van der Waals surface area contributed by atoms with Crippen LogP contribution in [0.3, 0.4) is 0 Å². The number of hydrogen-bond donors (Lipinski definition) is 3. The molecule has 13 heteroatoms. The van der Waals surface area contributed by atoms with Crippen molar-refractivity contribution in [3.05, 3.63) is 65.4 Å². The Hall–Kier alpha value is -3.13. The van der Waals surface area contributed by atoms with Crippen molar-refractivity contribution in [2.45, 2.75) is 44.6 Å². The van der Waals surface area contributed by atoms with E-state index in [1.165, 1.54) is 11.4 Å². The van der Waals surface area contributed by atoms with Crippen LogP contribution in [0, 0.1) is 0 Å². The number of aryl methyl sites for hydroxylation is 2. The number of aliphatic hydroxyl groups is 1. The van der Waals surface area contributed by atoms with Crippen molar-refractivity contribution < 1.29 is 36.2 Å². The first-order valence-corrected chi connectivity index (χ1v) is 15.0. The second-order valence-corrected chi connectivity index (χ2v) is 12.2. The Balaban J connectivity index is 1.55. The van der Waals surface area contributed by atoms with E-state index in [-0.39, 0.29) is 31.0 Å². The van der Waals surface area contributed by atoms with Crippen LogP contribution in [-0.4, -0.2) is 81.4 Å². The molecule has 4 rings (SSSR count). The van der Waals surface area contributed by atoms with Gasteiger partial charge >= 0.3 is 6.18 Å². The van der Waals surface area contributed by atoms with Crippen LogP contribution < -0.4 is 14.9 Å². The number of aromatic nitrogens is 1. The molecule has 3 aromatic rings. The maximum absolute atomic E-state index is 13.6. The van der Waals surface area contributed by atoms with Crippen molar-refractivity contribution in [2.24, 2.45) is 0 Å². The maximum atomic E-state index is 13.6. The molecule has 224 valence electrons. The van der Waals surface area contributed by atoms with E-state index in [1.54, 1.807) is 12.1 Å². The van der Waals surface area contributed by atoms with Gasteiger partial charge in [-0.1, -0.05) is 30.3 Å². The number of nitrogens with zero attached hydrogens (tertiary/aromatic N) is 2. The summed E-state index contributed by atoms with van der Waals surface area (Å²) in [7, 11) is -2.09. The van der Waals surface area contributed by atoms with Gasteiger partial charge in [0.15, 0.2) is 0 Å². The van der Waals surface area contributed by atoms with E-state index >= 15 is 0 Å². The van der Waals surface area contributed by atoms with Crippen LogP contribution in [-0.2, 0) is 34.1 Å². The van der Waals surface area contributed by atoms with Gasteiger partial charge in [-0.05, 0) is 43.0 Å². The van der Waals surface area contributed by atoms with Crippen molar-refractivity contribution in [1.29, 1.82) is 0 Å². The largest absolute Gasteiger partial charge is 0.411 e. The number of nitrogens with one attached hydrogen (secondary N) is 2. The summed E-state index contributed by atoms with van der Waals surface area (Å²) in [6, 6.07) is 11.8. The summed E-state index contributed by atoms with van der Waals surface area (Å²) in [6.45, 7) is 1.13. The number of rotatable bonds is 12. The van der Waals surface area contributed by atoms with E-state index in [4.69, 9.17) is 0 Å². The second-order valence-electron chi connectivity index (χ2n) is 10.1. The van der Waals surface area contributed by atoms with E-state index in [0.717, 1.165) is 22.0 Å². The molecule has 3 N–H and O–H groups in total. The van der Waals surface area contributed by atoms with Crippen LogP contribution in [0.4, 0.5) is 18.9 Å². The molecular formula is C28H35F3N4O5S. The number of alkyl halides is 3. The fraction of sp³-hybridized carbons (Fsp3) is 0.464. The molecule has 41 heavy (non-hydrogen) atoms. The van der Waals surface area contributed by atoms with E-state index in [2.05, 4.69) is 15.4 Å². The van der Waals surface area contributed by atoms with E-state index in [9.17, 15) is 31.5 Å². The average Bonchev–Trinajstić information content (AvgIpc) is 3.26. The van der Waals surface area contributed by atoms with Gasteiger partial charge in [-0.15, -0.1) is 0 Å². The lowest BCUT2D eigenvalue weighted by molar-refractivity contribution is -0.173. The average molecular weight is 597 g/mol. The number of aliphatic hydroxyl groups excluding tert-OH is 1. The molecule has 0 bridgehead atoms. The third-order valence-corrected chi connectivity index (χ3v) is 8.90. The molecule has 1 amide bonds. The predicted molar refractivity (Wildman–Crippen MR) is 151 cm³/mol. The zero-order valence-electron chi connectivity index (χ0n) is 22.9. The summed E-state index contributed by atoms with van der Waals surface area (Å²) in [5.74, 6) is -0.528. The molecular weight excluding hydrogens is 561 g/mol. The minimum Gasteiger partial charge on any atom is -0.390 e. The van der Waals surface area contributed by atoms with E-state index in [0.29, 0.717) is 25.1 Å². The van der Waals surface area contributed by atoms with Gasteiger partial charge in [0.2, 0.25) is 10.0 Å². The van der Waals surface area contributed by atoms with Gasteiger partial charge in [-0.3, -0.25) is 9.10 Å². The summed E-state index contributed by atoms with van der Waals surface area (Å²) < 4.78 is 70.3. The Morgan fingerprint density at radius 3 is 2.61 bits per heavy atom. The molecule has 0 saturated carbocycles. The van der Waals surface area contributed by atoms with Crippen molar-refractivity contribution in [3.63, 3.8) is 0 Å². The lowest BCUT2D eigenvalue weighted by Crippen LogP contribution is -2.49. The molecule has 0 spiro atoms. The van der Waals surface area contributed by atoms with Crippen LogP contribution >= 0.6 is 0 Å². The zero-order valence-corrected chi connectivity index (χ0v) is 23.8. The molecule has 2 atom stereocenters. The maximum Gasteiger partial charge on any atom is 0.411 e. The van der Waals surface area contributed by atoms with Crippen molar-refractivity contribution >= 4 is 32.5 Å². The molecule has 0 radical (unpaired) electrons. The molecule has 0 unspecified atom stereocenters. The van der Waals surface area contributed by atoms with E-state index < -0.39 is 40.9 Å². The van der Waals surface area contributed by atoms with Crippen molar-refractivity contribution in [2.75, 3.05) is 43.4 Å². The molecule has 1 aromatic heterocycles. The third kappa shape index (κ3) is 7.59. The van der Waals surface area contributed by atoms with Gasteiger partial charge in [0.1, 0.15) is 6.61 Å². The molecule has 2 aromatic carbocycles. The smallest absolute Gasteiger partial charge is 0.390 e. The number of ether oxygens (including phenoxy) is 1. The quantitative estimate of drug-likeness (QED) is 0.277. The van der Waals surface area contributed by atoms with Gasteiger partial charge in [0, 0.05) is 43.8 Å². The first kappa shape index (κ1) is 30.8. The summed E-state index contributed by atoms with van der Waals surface area (Å²) in [5, 5.41) is 17.5. The SMILES string of the molecule is CCn1cc2c3c(cc(C(=O)N[C@@H](Cc4ccccc4)[C@H](O)CNCCOCC(F)(F)F)cc31)N(C)S(=O)(=O)CC2. The van der Waals surface area contributed by atoms with Gasteiger partial charge in [0.05, 0.1) is 35.7 Å². The van der Waals surface area contributed by atoms with E-state index in [1.807, 2.05) is 48.0 Å². The lowest BCUT2D eigenvalue weighted by Gasteiger charge is -2.25. The highest BCUT2D eigenvalue weighted by Crippen LogP contribution is 2.37. The highest BCUT2D eigenvalue weighted by molar-refractivity contribution is 7.92. The highest BCUT2D eigenvalue weighted by atomic mass is 32.2. The molecule has 1 aliphatic rings. The van der Waals surface area contributed by atoms with Gasteiger partial charge in [-0.25, -0.2) is 8.42 Å². The fourth-order valence-corrected chi connectivity index (χ4v) is 6.17. The van der Waals surface area contributed by atoms with Crippen LogP contribution in [0.25, 0.3) is 10.9 Å². The summed E-state index contributed by atoms with van der Waals surface area (Å²) >= 11 is 0. The molecule has 0 aliphatic carbocycles. The number of benzene rings is 2. The number of amides is 1. The highest BCUT2D eigenvalue weighted by Gasteiger charge is 2.30. The van der Waals surface area contributed by atoms with Crippen LogP contribution in [0.5, 0.6) is 0 Å². The Morgan fingerprint density at radius 1 is 1.20 bits per heavy atom. The molecule has 0 saturated heterocycles. The summed E-state index contributed by atoms with van der Waals surface area (Å²) in [5.41, 5.74) is 3.18. The topological polar surface area (TPSA) is 113 Å². The Kier molecular flexibility index (Phi) is 9.62. The summed E-state index contributed by atoms with van der Waals surface area (Å²) in [6.07, 6.45) is -2.91. The van der Waals surface area contributed by atoms with Gasteiger partial charge in [0.25, 0.3) is 5.91 Å². The molecule has 9 nitrogen and oxygen atoms in total. The molecule has 2 heterocycles. The van der Waals surface area contributed by atoms with Crippen molar-refractivity contribution in [1.82, 2.24) is 15.2 Å². The second kappa shape index (κ2) is 12.8. The number of anilines is 1. The number of sulfonamides is 1. The summed E-state index contributed by atoms with van der Waals surface area (Å²) in [4.78, 5) is 13.6. The predicted octanol–water partition coefficient (Wildman–Crippen LogP) is 2.85. The molecule has 1 aliphatic heterocycles. The number of carbonyl (C=O) groups is 1. The van der Waals surface area contributed by atoms with Gasteiger partial charge in [-0.2, -0.15) is 13.2 Å². The minimum atomic E-state index is -4.41. The van der Waals surface area contributed by atoms with Gasteiger partial charge < -0.3 is 25.0 Å². The lowest BCUT2D eigenvalue weighted by atomic mass is 10.00. The van der Waals surface area contributed by atoms with Crippen LogP contribution in [0.15, 0.2) is 48.7 Å². The minimum absolute atomic E-state index is 0.000466. The van der Waals surface area contributed by atoms with Crippen LogP contribution in [0.2, 0.25) is 0 Å². The molecule has 0 fully saturated rings. The first-order chi connectivity index (χ1) is 19.4. The van der Waals surface area contributed by atoms with Crippen LogP contribution in [0.1, 0.15) is 28.4 Å². The third-order valence-electron chi connectivity index (χ3n) is 7.15. The Bertz CT molecular complexity index is 1460. The first-order valence-electron chi connectivity index (χ1n) is 13.4.